The van der Waals surface area contributed by atoms with Crippen molar-refractivity contribution in [2.24, 2.45) is 0 Å². The van der Waals surface area contributed by atoms with E-state index in [0.29, 0.717) is 6.42 Å². The van der Waals surface area contributed by atoms with Crippen LogP contribution in [0.25, 0.3) is 0 Å². The molecule has 0 aromatic heterocycles. The molecule has 0 saturated heterocycles. The highest BCUT2D eigenvalue weighted by molar-refractivity contribution is 5.76. The zero-order valence-electron chi connectivity index (χ0n) is 13.5. The topological polar surface area (TPSA) is 35.6 Å². The fourth-order valence-electron chi connectivity index (χ4n) is 2.10. The third kappa shape index (κ3) is 5.21. The molecule has 20 heavy (non-hydrogen) atoms. The summed E-state index contributed by atoms with van der Waals surface area (Å²) in [6.07, 6.45) is 0.502. The van der Waals surface area contributed by atoms with E-state index in [0.717, 1.165) is 12.2 Å². The van der Waals surface area contributed by atoms with Crippen LogP contribution in [0.1, 0.15) is 24.5 Å². The Kier molecular flexibility index (Phi) is 6.02. The lowest BCUT2D eigenvalue weighted by molar-refractivity contribution is -0.128. The monoisotopic (exact) mass is 277 g/mol. The molecule has 0 aliphatic carbocycles. The van der Waals surface area contributed by atoms with E-state index >= 15 is 0 Å². The molecule has 0 unspecified atom stereocenters. The van der Waals surface area contributed by atoms with Gasteiger partial charge in [-0.05, 0) is 39.6 Å². The predicted molar refractivity (Wildman–Crippen MR) is 85.0 cm³/mol. The minimum absolute atomic E-state index is 0.119. The van der Waals surface area contributed by atoms with E-state index in [4.69, 9.17) is 0 Å². The number of carbonyl (C=O) groups is 1. The lowest BCUT2D eigenvalue weighted by Gasteiger charge is -2.21. The van der Waals surface area contributed by atoms with E-state index in [1.807, 2.05) is 6.92 Å². The lowest BCUT2D eigenvalue weighted by Crippen LogP contribution is -2.29. The number of hydrogen-bond donors (Lipinski definition) is 1. The Bertz CT molecular complexity index is 455. The molecular weight excluding hydrogens is 250 g/mol. The SMILES string of the molecule is Cc1ccc(N[C@@H](C)CC(=O)N(C)C)c(CN(C)C)c1. The standard InChI is InChI=1S/C16H27N3O/c1-12-7-8-15(14(9-12)11-18(3)4)17-13(2)10-16(20)19(5)6/h7-9,13,17H,10-11H2,1-6H3/t13-/m0/s1. The summed E-state index contributed by atoms with van der Waals surface area (Å²) in [6.45, 7) is 5.03. The summed E-state index contributed by atoms with van der Waals surface area (Å²) in [5.41, 5.74) is 3.63. The Morgan fingerprint density at radius 1 is 1.25 bits per heavy atom. The van der Waals surface area contributed by atoms with Gasteiger partial charge in [-0.25, -0.2) is 0 Å². The fraction of sp³-hybridized carbons (Fsp3) is 0.562. The molecule has 0 aliphatic heterocycles. The van der Waals surface area contributed by atoms with Crippen LogP contribution in [-0.2, 0) is 11.3 Å². The zero-order chi connectivity index (χ0) is 15.3. The summed E-state index contributed by atoms with van der Waals surface area (Å²) in [5, 5.41) is 3.45. The van der Waals surface area contributed by atoms with E-state index in [1.54, 1.807) is 19.0 Å². The van der Waals surface area contributed by atoms with E-state index in [2.05, 4.69) is 49.4 Å². The van der Waals surface area contributed by atoms with Gasteiger partial charge in [0.1, 0.15) is 0 Å². The van der Waals surface area contributed by atoms with Gasteiger partial charge in [-0.15, -0.1) is 0 Å². The highest BCUT2D eigenvalue weighted by atomic mass is 16.2. The van der Waals surface area contributed by atoms with Crippen LogP contribution >= 0.6 is 0 Å². The van der Waals surface area contributed by atoms with Gasteiger partial charge in [-0.1, -0.05) is 17.7 Å². The molecule has 0 radical (unpaired) electrons. The number of amides is 1. The van der Waals surface area contributed by atoms with Gasteiger partial charge in [-0.3, -0.25) is 4.79 Å². The van der Waals surface area contributed by atoms with Crippen molar-refractivity contribution in [3.05, 3.63) is 29.3 Å². The molecule has 1 aromatic rings. The van der Waals surface area contributed by atoms with E-state index < -0.39 is 0 Å². The van der Waals surface area contributed by atoms with Gasteiger partial charge in [-0.2, -0.15) is 0 Å². The number of nitrogens with zero attached hydrogens (tertiary/aromatic N) is 2. The Morgan fingerprint density at radius 3 is 2.45 bits per heavy atom. The van der Waals surface area contributed by atoms with Crippen LogP contribution in [0.5, 0.6) is 0 Å². The number of nitrogens with one attached hydrogen (secondary N) is 1. The van der Waals surface area contributed by atoms with Crippen LogP contribution in [0.15, 0.2) is 18.2 Å². The lowest BCUT2D eigenvalue weighted by atomic mass is 10.1. The number of anilines is 1. The fourth-order valence-corrected chi connectivity index (χ4v) is 2.10. The third-order valence-corrected chi connectivity index (χ3v) is 3.13. The maximum atomic E-state index is 11.7. The molecule has 0 saturated carbocycles. The summed E-state index contributed by atoms with van der Waals surface area (Å²) < 4.78 is 0. The second-order valence-electron chi connectivity index (χ2n) is 5.94. The molecule has 0 heterocycles. The molecule has 4 heteroatoms. The summed E-state index contributed by atoms with van der Waals surface area (Å²) >= 11 is 0. The minimum atomic E-state index is 0.119. The number of aryl methyl sites for hydroxylation is 1. The van der Waals surface area contributed by atoms with Gasteiger partial charge >= 0.3 is 0 Å². The number of benzene rings is 1. The molecule has 112 valence electrons. The van der Waals surface area contributed by atoms with Crippen molar-refractivity contribution in [2.75, 3.05) is 33.5 Å². The van der Waals surface area contributed by atoms with Crippen LogP contribution in [0, 0.1) is 6.92 Å². The van der Waals surface area contributed by atoms with Crippen LogP contribution < -0.4 is 5.32 Å². The second kappa shape index (κ2) is 7.29. The Labute approximate surface area is 122 Å². The van der Waals surface area contributed by atoms with Gasteiger partial charge < -0.3 is 15.1 Å². The van der Waals surface area contributed by atoms with Crippen LogP contribution in [0.3, 0.4) is 0 Å². The smallest absolute Gasteiger partial charge is 0.224 e. The first kappa shape index (κ1) is 16.5. The number of rotatable bonds is 6. The normalized spacial score (nSPS) is 12.3. The zero-order valence-corrected chi connectivity index (χ0v) is 13.5. The first-order valence-corrected chi connectivity index (χ1v) is 7.00. The Balaban J connectivity index is 2.78. The van der Waals surface area contributed by atoms with Gasteiger partial charge in [0.2, 0.25) is 5.91 Å². The van der Waals surface area contributed by atoms with Gasteiger partial charge in [0.05, 0.1) is 0 Å². The van der Waals surface area contributed by atoms with Crippen LogP contribution in [-0.4, -0.2) is 49.9 Å². The minimum Gasteiger partial charge on any atom is -0.382 e. The summed E-state index contributed by atoms with van der Waals surface area (Å²) in [4.78, 5) is 15.5. The first-order chi connectivity index (χ1) is 9.29. The van der Waals surface area contributed by atoms with Crippen molar-refractivity contribution in [1.29, 1.82) is 0 Å². The maximum Gasteiger partial charge on any atom is 0.224 e. The molecule has 1 amide bonds. The maximum absolute atomic E-state index is 11.7. The third-order valence-electron chi connectivity index (χ3n) is 3.13. The van der Waals surface area contributed by atoms with Crippen molar-refractivity contribution in [2.45, 2.75) is 32.9 Å². The largest absolute Gasteiger partial charge is 0.382 e. The number of carbonyl (C=O) groups excluding carboxylic acids is 1. The van der Waals surface area contributed by atoms with E-state index in [9.17, 15) is 4.79 Å². The molecule has 1 atom stereocenters. The van der Waals surface area contributed by atoms with Crippen molar-refractivity contribution < 1.29 is 4.79 Å². The highest BCUT2D eigenvalue weighted by Gasteiger charge is 2.12. The van der Waals surface area contributed by atoms with Gasteiger partial charge in [0, 0.05) is 38.8 Å². The molecule has 1 aromatic carbocycles. The highest BCUT2D eigenvalue weighted by Crippen LogP contribution is 2.20. The average molecular weight is 277 g/mol. The van der Waals surface area contributed by atoms with Crippen molar-refractivity contribution in [3.8, 4) is 0 Å². The summed E-state index contributed by atoms with van der Waals surface area (Å²) in [6, 6.07) is 6.52. The average Bonchev–Trinajstić information content (AvgIpc) is 2.31. The van der Waals surface area contributed by atoms with Crippen molar-refractivity contribution in [3.63, 3.8) is 0 Å². The summed E-state index contributed by atoms with van der Waals surface area (Å²) in [7, 11) is 7.70. The Hall–Kier alpha value is -1.55. The van der Waals surface area contributed by atoms with Crippen molar-refractivity contribution >= 4 is 11.6 Å². The number of hydrogen-bond acceptors (Lipinski definition) is 3. The Morgan fingerprint density at radius 2 is 1.90 bits per heavy atom. The molecular formula is C16H27N3O. The van der Waals surface area contributed by atoms with Crippen molar-refractivity contribution in [1.82, 2.24) is 9.80 Å². The van der Waals surface area contributed by atoms with Crippen LogP contribution in [0.2, 0.25) is 0 Å². The molecule has 0 bridgehead atoms. The summed E-state index contributed by atoms with van der Waals surface area (Å²) in [5.74, 6) is 0.145. The molecule has 0 spiro atoms. The molecule has 0 fully saturated rings. The molecule has 1 N–H and O–H groups in total. The van der Waals surface area contributed by atoms with Gasteiger partial charge in [0.25, 0.3) is 0 Å². The molecule has 4 nitrogen and oxygen atoms in total. The quantitative estimate of drug-likeness (QED) is 0.867. The van der Waals surface area contributed by atoms with E-state index in [-0.39, 0.29) is 11.9 Å². The van der Waals surface area contributed by atoms with Gasteiger partial charge in [0.15, 0.2) is 0 Å². The molecule has 1 rings (SSSR count). The first-order valence-electron chi connectivity index (χ1n) is 7.00. The predicted octanol–water partition coefficient (Wildman–Crippen LogP) is 2.34. The molecule has 0 aliphatic rings. The van der Waals surface area contributed by atoms with Crippen LogP contribution in [0.4, 0.5) is 5.69 Å². The second-order valence-corrected chi connectivity index (χ2v) is 5.94. The van der Waals surface area contributed by atoms with E-state index in [1.165, 1.54) is 11.1 Å².